The predicted molar refractivity (Wildman–Crippen MR) is 37.2 cm³/mol. The lowest BCUT2D eigenvalue weighted by Crippen LogP contribution is -2.26. The van der Waals surface area contributed by atoms with Gasteiger partial charge in [0.2, 0.25) is 0 Å². The van der Waals surface area contributed by atoms with Crippen molar-refractivity contribution in [3.8, 4) is 0 Å². The molecule has 0 spiro atoms. The van der Waals surface area contributed by atoms with E-state index in [1.54, 1.807) is 0 Å². The quantitative estimate of drug-likeness (QED) is 0.563. The molecule has 0 atom stereocenters. The molecule has 0 saturated heterocycles. The zero-order valence-electron chi connectivity index (χ0n) is 5.93. The average Bonchev–Trinajstić information content (AvgIpc) is 1.59. The second kappa shape index (κ2) is 3.11. The van der Waals surface area contributed by atoms with Gasteiger partial charge in [-0.05, 0) is 0 Å². The third-order valence-electron chi connectivity index (χ3n) is 0.623. The van der Waals surface area contributed by atoms with Crippen molar-refractivity contribution >= 4 is 17.7 Å². The molecule has 0 aliphatic heterocycles. The highest BCUT2D eigenvalue weighted by molar-refractivity contribution is 8.01. The first kappa shape index (κ1) is 8.82. The molecule has 0 aliphatic rings. The highest BCUT2D eigenvalue weighted by Gasteiger charge is 2.09. The molecule has 0 aromatic rings. The molecule has 3 heteroatoms. The molecule has 0 radical (unpaired) electrons. The fourth-order valence-corrected chi connectivity index (χ4v) is 0.826. The molecule has 0 aliphatic carbocycles. The number of carbonyl (C=O) groups excluding carboxylic acids is 1. The highest BCUT2D eigenvalue weighted by atomic mass is 32.2. The summed E-state index contributed by atoms with van der Waals surface area (Å²) in [7, 11) is 0. The SMILES string of the molecule is CC(C)(C)SCC(=O)[O-]. The van der Waals surface area contributed by atoms with E-state index >= 15 is 0 Å². The summed E-state index contributed by atoms with van der Waals surface area (Å²) in [4.78, 5) is 9.91. The normalized spacial score (nSPS) is 11.4. The van der Waals surface area contributed by atoms with Crippen LogP contribution >= 0.6 is 11.8 Å². The number of carbonyl (C=O) groups is 1. The monoisotopic (exact) mass is 147 g/mol. The molecular weight excluding hydrogens is 136 g/mol. The van der Waals surface area contributed by atoms with Crippen molar-refractivity contribution in [2.24, 2.45) is 0 Å². The van der Waals surface area contributed by atoms with Gasteiger partial charge in [-0.15, -0.1) is 11.8 Å². The molecule has 54 valence electrons. The fourth-order valence-electron chi connectivity index (χ4n) is 0.275. The van der Waals surface area contributed by atoms with Crippen molar-refractivity contribution in [3.05, 3.63) is 0 Å². The summed E-state index contributed by atoms with van der Waals surface area (Å²) in [6.45, 7) is 5.92. The fraction of sp³-hybridized carbons (Fsp3) is 0.833. The Morgan fingerprint density at radius 2 is 2.00 bits per heavy atom. The molecule has 0 rings (SSSR count). The maximum absolute atomic E-state index is 9.91. The minimum Gasteiger partial charge on any atom is -0.549 e. The van der Waals surface area contributed by atoms with Gasteiger partial charge in [0.15, 0.2) is 0 Å². The summed E-state index contributed by atoms with van der Waals surface area (Å²) in [5.41, 5.74) is 0. The third kappa shape index (κ3) is 7.82. The van der Waals surface area contributed by atoms with Crippen molar-refractivity contribution in [2.75, 3.05) is 5.75 Å². The summed E-state index contributed by atoms with van der Waals surface area (Å²) in [5.74, 6) is -0.904. The van der Waals surface area contributed by atoms with Gasteiger partial charge in [0.25, 0.3) is 0 Å². The largest absolute Gasteiger partial charge is 0.549 e. The minimum absolute atomic E-state index is 0.0278. The lowest BCUT2D eigenvalue weighted by Gasteiger charge is -2.17. The number of rotatable bonds is 2. The van der Waals surface area contributed by atoms with E-state index in [-0.39, 0.29) is 10.5 Å². The van der Waals surface area contributed by atoms with Crippen LogP contribution in [-0.2, 0) is 4.79 Å². The van der Waals surface area contributed by atoms with Gasteiger partial charge in [0.1, 0.15) is 0 Å². The van der Waals surface area contributed by atoms with Crippen LogP contribution in [0.5, 0.6) is 0 Å². The predicted octanol–water partition coefficient (Wildman–Crippen LogP) is 0.268. The topological polar surface area (TPSA) is 40.1 Å². The number of hydrogen-bond acceptors (Lipinski definition) is 3. The molecule has 0 aromatic carbocycles. The Balaban J connectivity index is 3.39. The second-order valence-electron chi connectivity index (χ2n) is 2.77. The first-order valence-corrected chi connectivity index (χ1v) is 3.74. The van der Waals surface area contributed by atoms with Gasteiger partial charge in [-0.1, -0.05) is 20.8 Å². The third-order valence-corrected chi connectivity index (χ3v) is 1.87. The van der Waals surface area contributed by atoms with E-state index in [1.165, 1.54) is 11.8 Å². The standard InChI is InChI=1S/C6H12O2S/c1-6(2,3)9-4-5(7)8/h4H2,1-3H3,(H,7,8)/p-1. The van der Waals surface area contributed by atoms with Crippen LogP contribution in [0.1, 0.15) is 20.8 Å². The summed E-state index contributed by atoms with van der Waals surface area (Å²) in [6.07, 6.45) is 0. The Kier molecular flexibility index (Phi) is 3.04. The molecule has 0 N–H and O–H groups in total. The van der Waals surface area contributed by atoms with Crippen LogP contribution in [0.3, 0.4) is 0 Å². The van der Waals surface area contributed by atoms with E-state index in [0.717, 1.165) is 0 Å². The molecule has 0 aromatic heterocycles. The zero-order valence-corrected chi connectivity index (χ0v) is 6.75. The average molecular weight is 147 g/mol. The van der Waals surface area contributed by atoms with Gasteiger partial charge in [0, 0.05) is 10.5 Å². The van der Waals surface area contributed by atoms with Gasteiger partial charge in [-0.25, -0.2) is 0 Å². The first-order valence-electron chi connectivity index (χ1n) is 2.75. The molecule has 9 heavy (non-hydrogen) atoms. The summed E-state index contributed by atoms with van der Waals surface area (Å²) < 4.78 is 0.0278. The van der Waals surface area contributed by atoms with E-state index in [2.05, 4.69) is 0 Å². The number of thioether (sulfide) groups is 1. The van der Waals surface area contributed by atoms with Gasteiger partial charge in [-0.2, -0.15) is 0 Å². The van der Waals surface area contributed by atoms with Crippen LogP contribution in [0, 0.1) is 0 Å². The van der Waals surface area contributed by atoms with E-state index in [1.807, 2.05) is 20.8 Å². The number of carboxylic acid groups (broad SMARTS) is 1. The number of hydrogen-bond donors (Lipinski definition) is 0. The Hall–Kier alpha value is -0.180. The van der Waals surface area contributed by atoms with Gasteiger partial charge in [-0.3, -0.25) is 0 Å². The molecule has 0 unspecified atom stereocenters. The highest BCUT2D eigenvalue weighted by Crippen LogP contribution is 2.21. The zero-order chi connectivity index (χ0) is 7.49. The summed E-state index contributed by atoms with van der Waals surface area (Å²) >= 11 is 1.38. The Bertz CT molecular complexity index is 104. The molecule has 0 fully saturated rings. The van der Waals surface area contributed by atoms with Crippen molar-refractivity contribution in [2.45, 2.75) is 25.5 Å². The maximum atomic E-state index is 9.91. The Morgan fingerprint density at radius 1 is 1.56 bits per heavy atom. The van der Waals surface area contributed by atoms with Crippen LogP contribution in [0.25, 0.3) is 0 Å². The second-order valence-corrected chi connectivity index (χ2v) is 4.58. The van der Waals surface area contributed by atoms with Crippen LogP contribution in [0.2, 0.25) is 0 Å². The molecule has 0 heterocycles. The van der Waals surface area contributed by atoms with E-state index < -0.39 is 5.97 Å². The molecular formula is C6H11O2S-. The van der Waals surface area contributed by atoms with E-state index in [4.69, 9.17) is 0 Å². The molecule has 0 amide bonds. The Labute approximate surface area is 59.6 Å². The molecule has 0 bridgehead atoms. The lowest BCUT2D eigenvalue weighted by atomic mass is 10.3. The van der Waals surface area contributed by atoms with E-state index in [0.29, 0.717) is 0 Å². The van der Waals surface area contributed by atoms with Crippen molar-refractivity contribution in [1.82, 2.24) is 0 Å². The molecule has 2 nitrogen and oxygen atoms in total. The lowest BCUT2D eigenvalue weighted by molar-refractivity contribution is -0.301. The summed E-state index contributed by atoms with van der Waals surface area (Å²) in [6, 6.07) is 0. The van der Waals surface area contributed by atoms with Crippen molar-refractivity contribution < 1.29 is 9.90 Å². The van der Waals surface area contributed by atoms with Crippen molar-refractivity contribution in [3.63, 3.8) is 0 Å². The summed E-state index contributed by atoms with van der Waals surface area (Å²) in [5, 5.41) is 9.91. The van der Waals surface area contributed by atoms with Gasteiger partial charge in [0.05, 0.1) is 5.97 Å². The molecule has 0 saturated carbocycles. The van der Waals surface area contributed by atoms with Crippen LogP contribution in [-0.4, -0.2) is 16.5 Å². The van der Waals surface area contributed by atoms with Crippen LogP contribution in [0.15, 0.2) is 0 Å². The number of carboxylic acids is 1. The Morgan fingerprint density at radius 3 is 2.11 bits per heavy atom. The van der Waals surface area contributed by atoms with Crippen LogP contribution in [0.4, 0.5) is 0 Å². The minimum atomic E-state index is -0.991. The van der Waals surface area contributed by atoms with Crippen molar-refractivity contribution in [1.29, 1.82) is 0 Å². The smallest absolute Gasteiger partial charge is 0.0513 e. The van der Waals surface area contributed by atoms with Crippen LogP contribution < -0.4 is 5.11 Å². The van der Waals surface area contributed by atoms with E-state index in [9.17, 15) is 9.90 Å². The van der Waals surface area contributed by atoms with Gasteiger partial charge >= 0.3 is 0 Å². The van der Waals surface area contributed by atoms with Gasteiger partial charge < -0.3 is 9.90 Å². The number of aliphatic carboxylic acids is 1. The first-order chi connectivity index (χ1) is 3.92. The maximum Gasteiger partial charge on any atom is 0.0513 e.